The number of esters is 4. The molecule has 0 aromatic carbocycles. The van der Waals surface area contributed by atoms with Crippen LogP contribution in [0.1, 0.15) is 79.4 Å². The maximum atomic E-state index is 14.7. The maximum Gasteiger partial charge on any atom is 0.347 e. The monoisotopic (exact) mass is 598 g/mol. The predicted molar refractivity (Wildman–Crippen MR) is 151 cm³/mol. The van der Waals surface area contributed by atoms with Crippen molar-refractivity contribution in [2.75, 3.05) is 7.11 Å². The Kier molecular flexibility index (Phi) is 7.66. The lowest BCUT2D eigenvalue weighted by Gasteiger charge is -2.64. The Balaban J connectivity index is 1.71. The summed E-state index contributed by atoms with van der Waals surface area (Å²) in [5.41, 5.74) is -1.02. The Morgan fingerprint density at radius 3 is 2.33 bits per heavy atom. The first-order valence-corrected chi connectivity index (χ1v) is 15.0. The molecule has 0 N–H and O–H groups in total. The number of Topliss-reactive ketones (excluding diaryl/α,β-unsaturated/α-hetero) is 1. The fraction of sp³-hybridized carbons (Fsp3) is 0.667. The van der Waals surface area contributed by atoms with Crippen molar-refractivity contribution >= 4 is 29.7 Å². The summed E-state index contributed by atoms with van der Waals surface area (Å²) < 4.78 is 28.2. The molecular formula is C33H42O10. The minimum atomic E-state index is -1.42. The van der Waals surface area contributed by atoms with Gasteiger partial charge in [-0.05, 0) is 30.7 Å². The average molecular weight is 599 g/mol. The molecule has 2 saturated carbocycles. The van der Waals surface area contributed by atoms with Gasteiger partial charge in [-0.2, -0.15) is 0 Å². The van der Waals surface area contributed by atoms with E-state index in [1.54, 1.807) is 32.4 Å². The van der Waals surface area contributed by atoms with E-state index < -0.39 is 70.2 Å². The molecular weight excluding hydrogens is 556 g/mol. The molecule has 0 radical (unpaired) electrons. The molecule has 2 bridgehead atoms. The van der Waals surface area contributed by atoms with Gasteiger partial charge in [-0.3, -0.25) is 19.2 Å². The molecule has 43 heavy (non-hydrogen) atoms. The lowest BCUT2D eigenvalue weighted by molar-refractivity contribution is -0.216. The molecule has 1 aromatic heterocycles. The van der Waals surface area contributed by atoms with Crippen LogP contribution in [0.4, 0.5) is 0 Å². The lowest BCUT2D eigenvalue weighted by atomic mass is 9.40. The summed E-state index contributed by atoms with van der Waals surface area (Å²) in [6, 6.07) is 1.80. The first kappa shape index (κ1) is 31.0. The SMILES string of the molecule is COC(=O)C(OC(C)=O)C1C(C)(C)C(OC(=O)C(C)C)C2C=C3C4CC(=O)OC(c5ccoc5)C4(C)CCC3C1(C)C2=O. The first-order valence-electron chi connectivity index (χ1n) is 15.0. The molecule has 3 fully saturated rings. The molecule has 10 heteroatoms. The molecule has 2 heterocycles. The minimum Gasteiger partial charge on any atom is -0.472 e. The van der Waals surface area contributed by atoms with Gasteiger partial charge in [-0.25, -0.2) is 4.79 Å². The number of ketones is 1. The summed E-state index contributed by atoms with van der Waals surface area (Å²) in [4.78, 5) is 66.5. The van der Waals surface area contributed by atoms with E-state index in [9.17, 15) is 24.0 Å². The number of methoxy groups -OCH3 is 1. The number of hydrogen-bond acceptors (Lipinski definition) is 10. The van der Waals surface area contributed by atoms with Gasteiger partial charge in [0.2, 0.25) is 6.10 Å². The van der Waals surface area contributed by atoms with Gasteiger partial charge in [0, 0.05) is 34.7 Å². The van der Waals surface area contributed by atoms with Gasteiger partial charge in [0.25, 0.3) is 0 Å². The quantitative estimate of drug-likeness (QED) is 0.256. The van der Waals surface area contributed by atoms with E-state index in [1.807, 2.05) is 26.8 Å². The number of rotatable bonds is 6. The molecule has 3 aliphatic carbocycles. The number of carbonyl (C=O) groups excluding carboxylic acids is 5. The fourth-order valence-electron chi connectivity index (χ4n) is 8.88. The lowest BCUT2D eigenvalue weighted by Crippen LogP contribution is -2.69. The van der Waals surface area contributed by atoms with Crippen molar-refractivity contribution in [1.82, 2.24) is 0 Å². The van der Waals surface area contributed by atoms with Gasteiger partial charge in [0.1, 0.15) is 18.0 Å². The average Bonchev–Trinajstić information content (AvgIpc) is 3.46. The van der Waals surface area contributed by atoms with Gasteiger partial charge >= 0.3 is 23.9 Å². The Labute approximate surface area is 251 Å². The molecule has 9 atom stereocenters. The van der Waals surface area contributed by atoms with Crippen molar-refractivity contribution in [2.45, 2.75) is 86.0 Å². The number of allylic oxidation sites excluding steroid dienone is 1. The Morgan fingerprint density at radius 2 is 1.74 bits per heavy atom. The largest absolute Gasteiger partial charge is 0.472 e. The van der Waals surface area contributed by atoms with E-state index in [2.05, 4.69) is 6.92 Å². The second-order valence-corrected chi connectivity index (χ2v) is 14.0. The Morgan fingerprint density at radius 1 is 1.05 bits per heavy atom. The van der Waals surface area contributed by atoms with Crippen LogP contribution in [0.2, 0.25) is 0 Å². The number of cyclic esters (lactones) is 1. The van der Waals surface area contributed by atoms with Crippen molar-refractivity contribution in [1.29, 1.82) is 0 Å². The van der Waals surface area contributed by atoms with Crippen LogP contribution in [0.15, 0.2) is 34.7 Å². The summed E-state index contributed by atoms with van der Waals surface area (Å²) in [6.07, 6.45) is 3.46. The highest BCUT2D eigenvalue weighted by Gasteiger charge is 2.71. The predicted octanol–water partition coefficient (Wildman–Crippen LogP) is 4.76. The van der Waals surface area contributed by atoms with Crippen molar-refractivity contribution in [3.05, 3.63) is 35.8 Å². The van der Waals surface area contributed by atoms with E-state index in [1.165, 1.54) is 14.0 Å². The van der Waals surface area contributed by atoms with E-state index in [0.717, 1.165) is 11.1 Å². The van der Waals surface area contributed by atoms with Gasteiger partial charge in [-0.15, -0.1) is 0 Å². The third-order valence-electron chi connectivity index (χ3n) is 10.8. The van der Waals surface area contributed by atoms with Crippen molar-refractivity contribution in [2.24, 2.45) is 45.8 Å². The molecule has 1 aromatic rings. The van der Waals surface area contributed by atoms with Crippen LogP contribution >= 0.6 is 0 Å². The van der Waals surface area contributed by atoms with Crippen LogP contribution in [0.25, 0.3) is 0 Å². The summed E-state index contributed by atoms with van der Waals surface area (Å²) in [5, 5.41) is 0. The van der Waals surface area contributed by atoms with Crippen LogP contribution in [0.3, 0.4) is 0 Å². The standard InChI is InChI=1S/C33H42O10/c1-16(2)29(37)43-28-20-13-19-21(9-11-32(6)22(19)14-23(35)42-27(32)18-10-12-40-15-18)33(7,26(20)36)25(31(28,4)5)24(30(38)39-8)41-17(3)34/h10,12-13,15-16,20-22,24-25,27-28H,9,11,14H2,1-8H3. The molecule has 1 saturated heterocycles. The molecule has 1 aliphatic heterocycles. The zero-order valence-corrected chi connectivity index (χ0v) is 26.1. The third-order valence-corrected chi connectivity index (χ3v) is 10.8. The second-order valence-electron chi connectivity index (χ2n) is 14.0. The first-order chi connectivity index (χ1) is 20.1. The van der Waals surface area contributed by atoms with Crippen LogP contribution < -0.4 is 0 Å². The van der Waals surface area contributed by atoms with E-state index in [-0.39, 0.29) is 30.0 Å². The third kappa shape index (κ3) is 4.63. The van der Waals surface area contributed by atoms with E-state index >= 15 is 0 Å². The zero-order chi connectivity index (χ0) is 31.6. The second kappa shape index (κ2) is 10.6. The number of ether oxygens (including phenoxy) is 4. The smallest absolute Gasteiger partial charge is 0.347 e. The van der Waals surface area contributed by atoms with Gasteiger partial charge in [-0.1, -0.05) is 53.2 Å². The number of carbonyl (C=O) groups is 5. The molecule has 0 amide bonds. The van der Waals surface area contributed by atoms with Gasteiger partial charge < -0.3 is 23.4 Å². The van der Waals surface area contributed by atoms with Crippen molar-refractivity contribution in [3.63, 3.8) is 0 Å². The summed E-state index contributed by atoms with van der Waals surface area (Å²) in [6.45, 7) is 12.3. The highest BCUT2D eigenvalue weighted by molar-refractivity contribution is 5.94. The molecule has 0 spiro atoms. The van der Waals surface area contributed by atoms with Crippen LogP contribution in [0.5, 0.6) is 0 Å². The number of furan rings is 1. The maximum absolute atomic E-state index is 14.7. The molecule has 10 nitrogen and oxygen atoms in total. The van der Waals surface area contributed by atoms with E-state index in [0.29, 0.717) is 12.8 Å². The van der Waals surface area contributed by atoms with Crippen LogP contribution in [-0.4, -0.2) is 49.0 Å². The summed E-state index contributed by atoms with van der Waals surface area (Å²) in [5.74, 6) is -5.32. The van der Waals surface area contributed by atoms with Gasteiger partial charge in [0.05, 0.1) is 37.9 Å². The summed E-state index contributed by atoms with van der Waals surface area (Å²) in [7, 11) is 1.21. The number of fused-ring (bicyclic) bond motifs is 6. The molecule has 4 aliphatic rings. The zero-order valence-electron chi connectivity index (χ0n) is 26.1. The Bertz CT molecular complexity index is 1360. The normalized spacial score (nSPS) is 36.8. The minimum absolute atomic E-state index is 0.124. The van der Waals surface area contributed by atoms with Crippen LogP contribution in [-0.2, 0) is 42.9 Å². The van der Waals surface area contributed by atoms with Gasteiger partial charge in [0.15, 0.2) is 0 Å². The summed E-state index contributed by atoms with van der Waals surface area (Å²) >= 11 is 0. The molecule has 9 unspecified atom stereocenters. The van der Waals surface area contributed by atoms with E-state index in [4.69, 9.17) is 23.4 Å². The highest BCUT2D eigenvalue weighted by atomic mass is 16.6. The fourth-order valence-corrected chi connectivity index (χ4v) is 8.88. The number of hydrogen-bond donors (Lipinski definition) is 0. The Hall–Kier alpha value is -3.43. The highest BCUT2D eigenvalue weighted by Crippen LogP contribution is 2.68. The molecule has 5 rings (SSSR count). The van der Waals surface area contributed by atoms with Crippen molar-refractivity contribution in [3.8, 4) is 0 Å². The van der Waals surface area contributed by atoms with Crippen molar-refractivity contribution < 1.29 is 47.3 Å². The topological polar surface area (TPSA) is 135 Å². The molecule has 234 valence electrons. The van der Waals surface area contributed by atoms with Crippen LogP contribution in [0, 0.1) is 45.8 Å².